The van der Waals surface area contributed by atoms with E-state index in [-0.39, 0.29) is 30.1 Å². The molecule has 7 heteroatoms. The van der Waals surface area contributed by atoms with Gasteiger partial charge in [0.1, 0.15) is 0 Å². The van der Waals surface area contributed by atoms with Crippen LogP contribution in [0.3, 0.4) is 0 Å². The highest BCUT2D eigenvalue weighted by atomic mass is 35.5. The summed E-state index contributed by atoms with van der Waals surface area (Å²) in [5.74, 6) is 0. The van der Waals surface area contributed by atoms with Crippen molar-refractivity contribution in [1.29, 1.82) is 0 Å². The lowest BCUT2D eigenvalue weighted by atomic mass is 9.90. The zero-order chi connectivity index (χ0) is 14.1. The van der Waals surface area contributed by atoms with E-state index in [1.54, 1.807) is 0 Å². The minimum Gasteiger partial charge on any atom is -0.330 e. The summed E-state index contributed by atoms with van der Waals surface area (Å²) in [6, 6.07) is 2.40. The first kappa shape index (κ1) is 17.2. The van der Waals surface area contributed by atoms with E-state index >= 15 is 0 Å². The van der Waals surface area contributed by atoms with Crippen molar-refractivity contribution in [2.45, 2.75) is 26.1 Å². The van der Waals surface area contributed by atoms with Gasteiger partial charge < -0.3 is 5.73 Å². The van der Waals surface area contributed by atoms with Crippen LogP contribution in [-0.4, -0.2) is 29.5 Å². The van der Waals surface area contributed by atoms with E-state index in [0.717, 1.165) is 25.6 Å². The van der Waals surface area contributed by atoms with Crippen molar-refractivity contribution in [3.8, 4) is 0 Å². The summed E-state index contributed by atoms with van der Waals surface area (Å²) in [5.41, 5.74) is 5.16. The molecule has 0 spiro atoms. The number of likely N-dealkylation sites (tertiary alicyclic amines) is 1. The molecule has 2 N–H and O–H groups in total. The first-order chi connectivity index (χ1) is 8.84. The Morgan fingerprint density at radius 2 is 2.15 bits per heavy atom. The summed E-state index contributed by atoms with van der Waals surface area (Å²) in [7, 11) is 0. The van der Waals surface area contributed by atoms with Gasteiger partial charge in [-0.2, -0.15) is 13.2 Å². The van der Waals surface area contributed by atoms with Crippen molar-refractivity contribution in [2.75, 3.05) is 19.6 Å². The Hall–Kier alpha value is -0.850. The molecule has 1 saturated heterocycles. The van der Waals surface area contributed by atoms with Gasteiger partial charge in [-0.05, 0) is 37.1 Å². The highest BCUT2D eigenvalue weighted by molar-refractivity contribution is 5.85. The first-order valence-corrected chi connectivity index (χ1v) is 6.28. The monoisotopic (exact) mass is 309 g/mol. The van der Waals surface area contributed by atoms with Crippen molar-refractivity contribution in [3.63, 3.8) is 0 Å². The molecular weight excluding hydrogens is 291 g/mol. The normalized spacial score (nSPS) is 23.6. The van der Waals surface area contributed by atoms with E-state index in [4.69, 9.17) is 5.73 Å². The zero-order valence-corrected chi connectivity index (χ0v) is 12.1. The number of hydrogen-bond donors (Lipinski definition) is 1. The lowest BCUT2D eigenvalue weighted by Gasteiger charge is -2.23. The second-order valence-corrected chi connectivity index (χ2v) is 5.47. The predicted octanol–water partition coefficient (Wildman–Crippen LogP) is 2.69. The maximum atomic E-state index is 12.9. The van der Waals surface area contributed by atoms with Crippen molar-refractivity contribution < 1.29 is 13.2 Å². The van der Waals surface area contributed by atoms with Crippen LogP contribution in [0.5, 0.6) is 0 Å². The third-order valence-corrected chi connectivity index (χ3v) is 3.70. The fourth-order valence-electron chi connectivity index (χ4n) is 2.46. The molecule has 2 rings (SSSR count). The number of nitrogens with two attached hydrogens (primary N) is 1. The molecule has 1 aliphatic rings. The Morgan fingerprint density at radius 1 is 1.45 bits per heavy atom. The molecule has 2 heterocycles. The van der Waals surface area contributed by atoms with Crippen molar-refractivity contribution in [3.05, 3.63) is 29.6 Å². The molecule has 1 aromatic rings. The Bertz CT molecular complexity index is 453. The van der Waals surface area contributed by atoms with Crippen LogP contribution >= 0.6 is 12.4 Å². The van der Waals surface area contributed by atoms with Crippen LogP contribution in [0, 0.1) is 5.41 Å². The summed E-state index contributed by atoms with van der Waals surface area (Å²) in [5, 5.41) is 0. The Balaban J connectivity index is 0.00000200. The van der Waals surface area contributed by atoms with E-state index < -0.39 is 11.7 Å². The zero-order valence-electron chi connectivity index (χ0n) is 11.3. The smallest absolute Gasteiger partial charge is 0.330 e. The van der Waals surface area contributed by atoms with Gasteiger partial charge in [0.25, 0.3) is 0 Å². The van der Waals surface area contributed by atoms with Crippen LogP contribution in [0.2, 0.25) is 0 Å². The van der Waals surface area contributed by atoms with Crippen LogP contribution < -0.4 is 5.73 Å². The van der Waals surface area contributed by atoms with Gasteiger partial charge in [0.15, 0.2) is 0 Å². The SMILES string of the molecule is CC1(CN)CCN(Cc2ncccc2C(F)(F)F)C1.Cl. The number of hydrogen-bond acceptors (Lipinski definition) is 3. The molecule has 0 radical (unpaired) electrons. The minimum atomic E-state index is -4.35. The molecule has 1 aromatic heterocycles. The average molecular weight is 310 g/mol. The first-order valence-electron chi connectivity index (χ1n) is 6.28. The summed E-state index contributed by atoms with van der Waals surface area (Å²) >= 11 is 0. The van der Waals surface area contributed by atoms with Gasteiger partial charge in [0.2, 0.25) is 0 Å². The molecule has 0 amide bonds. The van der Waals surface area contributed by atoms with Gasteiger partial charge in [0.05, 0.1) is 11.3 Å². The summed E-state index contributed by atoms with van der Waals surface area (Å²) in [6.07, 6.45) is -2.03. The number of nitrogens with zero attached hydrogens (tertiary/aromatic N) is 2. The number of pyridine rings is 1. The topological polar surface area (TPSA) is 42.1 Å². The standard InChI is InChI=1S/C13H18F3N3.ClH/c1-12(8-17)4-6-19(9-12)7-11-10(13(14,15)16)3-2-5-18-11;/h2-3,5H,4,6-9,17H2,1H3;1H. The Labute approximate surface area is 122 Å². The maximum absolute atomic E-state index is 12.9. The summed E-state index contributed by atoms with van der Waals surface area (Å²) < 4.78 is 38.6. The highest BCUT2D eigenvalue weighted by Gasteiger charge is 2.36. The molecule has 0 bridgehead atoms. The third-order valence-electron chi connectivity index (χ3n) is 3.70. The second-order valence-electron chi connectivity index (χ2n) is 5.47. The van der Waals surface area contributed by atoms with E-state index in [0.29, 0.717) is 6.54 Å². The molecule has 114 valence electrons. The van der Waals surface area contributed by atoms with Crippen LogP contribution in [0.1, 0.15) is 24.6 Å². The molecule has 0 saturated carbocycles. The van der Waals surface area contributed by atoms with Gasteiger partial charge in [0, 0.05) is 19.3 Å². The lowest BCUT2D eigenvalue weighted by Crippen LogP contribution is -2.31. The van der Waals surface area contributed by atoms with E-state index in [2.05, 4.69) is 11.9 Å². The third kappa shape index (κ3) is 3.84. The van der Waals surface area contributed by atoms with E-state index in [1.807, 2.05) is 4.90 Å². The molecule has 1 unspecified atom stereocenters. The Morgan fingerprint density at radius 3 is 2.70 bits per heavy atom. The van der Waals surface area contributed by atoms with Crippen LogP contribution in [0.15, 0.2) is 18.3 Å². The minimum absolute atomic E-state index is 0. The molecule has 1 fully saturated rings. The number of halogens is 4. The highest BCUT2D eigenvalue weighted by Crippen LogP contribution is 2.33. The number of aromatic nitrogens is 1. The van der Waals surface area contributed by atoms with Crippen molar-refractivity contribution in [1.82, 2.24) is 9.88 Å². The summed E-state index contributed by atoms with van der Waals surface area (Å²) in [4.78, 5) is 5.88. The molecule has 1 atom stereocenters. The van der Waals surface area contributed by atoms with Gasteiger partial charge in [-0.1, -0.05) is 6.92 Å². The molecule has 0 aromatic carbocycles. The van der Waals surface area contributed by atoms with Gasteiger partial charge in [-0.25, -0.2) is 0 Å². The molecule has 1 aliphatic heterocycles. The predicted molar refractivity (Wildman–Crippen MR) is 73.5 cm³/mol. The van der Waals surface area contributed by atoms with Gasteiger partial charge in [-0.15, -0.1) is 12.4 Å². The fourth-order valence-corrected chi connectivity index (χ4v) is 2.46. The van der Waals surface area contributed by atoms with Crippen molar-refractivity contribution in [2.24, 2.45) is 11.1 Å². The largest absolute Gasteiger partial charge is 0.418 e. The molecular formula is C13H19ClF3N3. The van der Waals surface area contributed by atoms with Crippen LogP contribution in [0.25, 0.3) is 0 Å². The van der Waals surface area contributed by atoms with Gasteiger partial charge in [-0.3, -0.25) is 9.88 Å². The van der Waals surface area contributed by atoms with Crippen LogP contribution in [0.4, 0.5) is 13.2 Å². The fraction of sp³-hybridized carbons (Fsp3) is 0.615. The lowest BCUT2D eigenvalue weighted by molar-refractivity contribution is -0.138. The van der Waals surface area contributed by atoms with Crippen LogP contribution in [-0.2, 0) is 12.7 Å². The molecule has 0 aliphatic carbocycles. The maximum Gasteiger partial charge on any atom is 0.418 e. The number of alkyl halides is 3. The molecule has 3 nitrogen and oxygen atoms in total. The van der Waals surface area contributed by atoms with E-state index in [1.165, 1.54) is 12.3 Å². The van der Waals surface area contributed by atoms with Gasteiger partial charge >= 0.3 is 6.18 Å². The van der Waals surface area contributed by atoms with Crippen molar-refractivity contribution >= 4 is 12.4 Å². The molecule has 20 heavy (non-hydrogen) atoms. The van der Waals surface area contributed by atoms with E-state index in [9.17, 15) is 13.2 Å². The number of rotatable bonds is 3. The summed E-state index contributed by atoms with van der Waals surface area (Å²) in [6.45, 7) is 4.33. The average Bonchev–Trinajstić information content (AvgIpc) is 2.71. The second kappa shape index (κ2) is 6.28. The quantitative estimate of drug-likeness (QED) is 0.933. The Kier molecular flexibility index (Phi) is 5.40.